The summed E-state index contributed by atoms with van der Waals surface area (Å²) in [7, 11) is 0. The fourth-order valence-corrected chi connectivity index (χ4v) is 9.96. The zero-order chi connectivity index (χ0) is 38.8. The van der Waals surface area contributed by atoms with Crippen LogP contribution in [0.4, 0.5) is 0 Å². The SMILES string of the molecule is C=CC1=C(c2ccccc2C)C2(c3ccccc3-c3ccccc32)c2cccc(-c3cccc(-c4cc(-c5ccccc5)nc(-c5cccc6ccccc56)c4)c3)c21. The molecular formula is C57H39N. The second kappa shape index (κ2) is 13.4. The lowest BCUT2D eigenvalue weighted by Gasteiger charge is -2.33. The third kappa shape index (κ3) is 5.00. The molecule has 272 valence electrons. The van der Waals surface area contributed by atoms with E-state index in [0.29, 0.717) is 0 Å². The first-order valence-corrected chi connectivity index (χ1v) is 20.1. The first-order valence-electron chi connectivity index (χ1n) is 20.1. The fourth-order valence-electron chi connectivity index (χ4n) is 9.96. The molecule has 0 saturated heterocycles. The summed E-state index contributed by atoms with van der Waals surface area (Å²) in [4.78, 5) is 5.30. The Labute approximate surface area is 340 Å². The molecule has 9 aromatic rings. The monoisotopic (exact) mass is 737 g/mol. The number of rotatable bonds is 6. The molecule has 0 unspecified atom stereocenters. The van der Waals surface area contributed by atoms with Crippen molar-refractivity contribution < 1.29 is 0 Å². The van der Waals surface area contributed by atoms with Crippen molar-refractivity contribution in [2.24, 2.45) is 0 Å². The van der Waals surface area contributed by atoms with Crippen LogP contribution in [0.1, 0.15) is 33.4 Å². The van der Waals surface area contributed by atoms with Crippen molar-refractivity contribution in [2.75, 3.05) is 0 Å². The molecule has 1 aromatic heterocycles. The van der Waals surface area contributed by atoms with Gasteiger partial charge in [-0.3, -0.25) is 0 Å². The molecule has 0 N–H and O–H groups in total. The molecule has 1 spiro atoms. The molecular weight excluding hydrogens is 699 g/mol. The number of aryl methyl sites for hydroxylation is 1. The van der Waals surface area contributed by atoms with Gasteiger partial charge in [0.2, 0.25) is 0 Å². The number of benzene rings is 8. The lowest BCUT2D eigenvalue weighted by Crippen LogP contribution is -2.27. The fraction of sp³-hybridized carbons (Fsp3) is 0.0351. The van der Waals surface area contributed by atoms with E-state index in [1.54, 1.807) is 0 Å². The van der Waals surface area contributed by atoms with Crippen LogP contribution in [-0.2, 0) is 5.41 Å². The molecule has 8 aromatic carbocycles. The molecule has 58 heavy (non-hydrogen) atoms. The minimum absolute atomic E-state index is 0.505. The van der Waals surface area contributed by atoms with Gasteiger partial charge in [0.25, 0.3) is 0 Å². The van der Waals surface area contributed by atoms with Crippen LogP contribution in [0.15, 0.2) is 213 Å². The summed E-state index contributed by atoms with van der Waals surface area (Å²) in [6.45, 7) is 6.79. The maximum Gasteiger partial charge on any atom is 0.0731 e. The van der Waals surface area contributed by atoms with Crippen LogP contribution >= 0.6 is 0 Å². The van der Waals surface area contributed by atoms with Gasteiger partial charge in [0.15, 0.2) is 0 Å². The van der Waals surface area contributed by atoms with Crippen LogP contribution in [0.25, 0.3) is 77.8 Å². The van der Waals surface area contributed by atoms with Gasteiger partial charge < -0.3 is 0 Å². The minimum atomic E-state index is -0.505. The molecule has 1 nitrogen and oxygen atoms in total. The van der Waals surface area contributed by atoms with Crippen LogP contribution in [0.5, 0.6) is 0 Å². The number of nitrogens with zero attached hydrogens (tertiary/aromatic N) is 1. The topological polar surface area (TPSA) is 12.9 Å². The summed E-state index contributed by atoms with van der Waals surface area (Å²) in [5, 5.41) is 2.40. The Bertz CT molecular complexity index is 3090. The standard InChI is InChI=1S/C57H39N/c1-3-43-55-46(29-17-33-52(55)57(56(43)44-25-9-7-18-37(44)2)50-31-13-11-27-47(50)48-28-12-14-32-51(48)57)41-24-15-23-40(34-41)42-35-53(39-20-5-4-6-21-39)58-54(36-42)49-30-16-22-38-19-8-10-26-45(38)49/h3-36H,1H2,2H3. The van der Waals surface area contributed by atoms with Gasteiger partial charge in [0, 0.05) is 11.1 Å². The highest BCUT2D eigenvalue weighted by Crippen LogP contribution is 2.65. The number of hydrogen-bond acceptors (Lipinski definition) is 1. The summed E-state index contributed by atoms with van der Waals surface area (Å²) >= 11 is 0. The number of allylic oxidation sites excluding steroid dienone is 3. The van der Waals surface area contributed by atoms with E-state index >= 15 is 0 Å². The third-order valence-electron chi connectivity index (χ3n) is 12.4. The molecule has 0 amide bonds. The summed E-state index contributed by atoms with van der Waals surface area (Å²) in [6.07, 6.45) is 2.11. The zero-order valence-corrected chi connectivity index (χ0v) is 32.3. The van der Waals surface area contributed by atoms with Crippen LogP contribution in [-0.4, -0.2) is 4.98 Å². The van der Waals surface area contributed by atoms with E-state index in [1.165, 1.54) is 77.6 Å². The van der Waals surface area contributed by atoms with Crippen molar-refractivity contribution in [3.05, 3.63) is 246 Å². The van der Waals surface area contributed by atoms with E-state index in [4.69, 9.17) is 4.98 Å². The molecule has 0 fully saturated rings. The van der Waals surface area contributed by atoms with Crippen molar-refractivity contribution in [1.82, 2.24) is 4.98 Å². The van der Waals surface area contributed by atoms with Gasteiger partial charge in [-0.25, -0.2) is 4.98 Å². The highest BCUT2D eigenvalue weighted by molar-refractivity contribution is 6.14. The number of fused-ring (bicyclic) bond motifs is 8. The maximum absolute atomic E-state index is 5.30. The van der Waals surface area contributed by atoms with E-state index in [9.17, 15) is 0 Å². The van der Waals surface area contributed by atoms with E-state index in [1.807, 2.05) is 0 Å². The minimum Gasteiger partial charge on any atom is -0.248 e. The van der Waals surface area contributed by atoms with E-state index in [0.717, 1.165) is 33.6 Å². The van der Waals surface area contributed by atoms with Gasteiger partial charge in [-0.15, -0.1) is 0 Å². The molecule has 0 saturated carbocycles. The molecule has 0 radical (unpaired) electrons. The molecule has 11 rings (SSSR count). The van der Waals surface area contributed by atoms with Crippen LogP contribution in [0, 0.1) is 6.92 Å². The Morgan fingerprint density at radius 2 is 0.983 bits per heavy atom. The van der Waals surface area contributed by atoms with E-state index in [2.05, 4.69) is 220 Å². The lowest BCUT2D eigenvalue weighted by molar-refractivity contribution is 0.841. The second-order valence-corrected chi connectivity index (χ2v) is 15.5. The number of aromatic nitrogens is 1. The van der Waals surface area contributed by atoms with Crippen molar-refractivity contribution in [1.29, 1.82) is 0 Å². The number of hydrogen-bond donors (Lipinski definition) is 0. The Hall–Kier alpha value is -7.35. The van der Waals surface area contributed by atoms with Crippen molar-refractivity contribution in [2.45, 2.75) is 12.3 Å². The Morgan fingerprint density at radius 3 is 1.76 bits per heavy atom. The highest BCUT2D eigenvalue weighted by atomic mass is 14.7. The van der Waals surface area contributed by atoms with Crippen molar-refractivity contribution in [3.63, 3.8) is 0 Å². The summed E-state index contributed by atoms with van der Waals surface area (Å²) in [6, 6.07) is 73.0. The molecule has 1 heterocycles. The van der Waals surface area contributed by atoms with Gasteiger partial charge in [0.1, 0.15) is 0 Å². The van der Waals surface area contributed by atoms with E-state index < -0.39 is 5.41 Å². The largest absolute Gasteiger partial charge is 0.248 e. The van der Waals surface area contributed by atoms with Crippen molar-refractivity contribution in [3.8, 4) is 55.9 Å². The average Bonchev–Trinajstić information content (AvgIpc) is 3.76. The summed E-state index contributed by atoms with van der Waals surface area (Å²) < 4.78 is 0. The second-order valence-electron chi connectivity index (χ2n) is 15.5. The lowest BCUT2D eigenvalue weighted by atomic mass is 9.67. The quantitative estimate of drug-likeness (QED) is 0.166. The maximum atomic E-state index is 5.30. The number of pyridine rings is 1. The van der Waals surface area contributed by atoms with Gasteiger partial charge in [-0.2, -0.15) is 0 Å². The first kappa shape index (κ1) is 33.9. The van der Waals surface area contributed by atoms with Crippen LogP contribution in [0.2, 0.25) is 0 Å². The molecule has 2 aliphatic rings. The Morgan fingerprint density at radius 1 is 0.431 bits per heavy atom. The molecule has 2 aliphatic carbocycles. The summed E-state index contributed by atoms with van der Waals surface area (Å²) in [5.41, 5.74) is 21.0. The van der Waals surface area contributed by atoms with Gasteiger partial charge >= 0.3 is 0 Å². The van der Waals surface area contributed by atoms with E-state index in [-0.39, 0.29) is 0 Å². The molecule has 1 heteroatoms. The molecule has 0 bridgehead atoms. The predicted molar refractivity (Wildman–Crippen MR) is 243 cm³/mol. The third-order valence-corrected chi connectivity index (χ3v) is 12.4. The van der Waals surface area contributed by atoms with Crippen LogP contribution < -0.4 is 0 Å². The normalized spacial score (nSPS) is 13.4. The predicted octanol–water partition coefficient (Wildman–Crippen LogP) is 14.6. The summed E-state index contributed by atoms with van der Waals surface area (Å²) in [5.74, 6) is 0. The smallest absolute Gasteiger partial charge is 0.0731 e. The highest BCUT2D eigenvalue weighted by Gasteiger charge is 2.53. The average molecular weight is 738 g/mol. The first-order chi connectivity index (χ1) is 28.6. The molecule has 0 aliphatic heterocycles. The molecule has 0 atom stereocenters. The van der Waals surface area contributed by atoms with Gasteiger partial charge in [-0.1, -0.05) is 195 Å². The Kier molecular flexibility index (Phi) is 7.84. The Balaban J connectivity index is 1.16. The van der Waals surface area contributed by atoms with Crippen LogP contribution in [0.3, 0.4) is 0 Å². The zero-order valence-electron chi connectivity index (χ0n) is 32.3. The van der Waals surface area contributed by atoms with Gasteiger partial charge in [-0.05, 0) is 114 Å². The van der Waals surface area contributed by atoms with Crippen molar-refractivity contribution >= 4 is 21.9 Å². The van der Waals surface area contributed by atoms with Gasteiger partial charge in [0.05, 0.1) is 16.8 Å².